The molecule has 1 N–H and O–H groups in total. The van der Waals surface area contributed by atoms with Crippen LogP contribution in [0.15, 0.2) is 29.2 Å². The maximum absolute atomic E-state index is 13.0. The summed E-state index contributed by atoms with van der Waals surface area (Å²) >= 11 is 0. The van der Waals surface area contributed by atoms with E-state index in [9.17, 15) is 17.6 Å². The molecule has 6 nitrogen and oxygen atoms in total. The normalized spacial score (nSPS) is 20.5. The molecule has 0 radical (unpaired) electrons. The lowest BCUT2D eigenvalue weighted by atomic mass is 9.88. The minimum atomic E-state index is -3.64. The number of rotatable bonds is 4. The van der Waals surface area contributed by atoms with Gasteiger partial charge in [-0.3, -0.25) is 4.79 Å². The summed E-state index contributed by atoms with van der Waals surface area (Å²) in [5.41, 5.74) is 0. The summed E-state index contributed by atoms with van der Waals surface area (Å²) < 4.78 is 39.5. The zero-order valence-corrected chi connectivity index (χ0v) is 15.7. The Morgan fingerprint density at radius 1 is 1.16 bits per heavy atom. The van der Waals surface area contributed by atoms with E-state index in [0.29, 0.717) is 19.0 Å². The predicted molar refractivity (Wildman–Crippen MR) is 94.5 cm³/mol. The first-order valence-corrected chi connectivity index (χ1v) is 9.59. The number of carbonyl (C=O) groups excluding carboxylic acids is 1. The van der Waals surface area contributed by atoms with Crippen molar-refractivity contribution in [1.29, 1.82) is 0 Å². The summed E-state index contributed by atoms with van der Waals surface area (Å²) in [6.07, 6.45) is 0. The summed E-state index contributed by atoms with van der Waals surface area (Å²) in [6, 6.07) is 4.82. The third-order valence-electron chi connectivity index (χ3n) is 4.91. The predicted octanol–water partition coefficient (Wildman–Crippen LogP) is 0.936. The molecule has 0 aliphatic carbocycles. The van der Waals surface area contributed by atoms with Crippen molar-refractivity contribution in [2.24, 2.45) is 11.8 Å². The number of sulfonamides is 1. The summed E-state index contributed by atoms with van der Waals surface area (Å²) in [6.45, 7) is 4.99. The Labute approximate surface area is 153 Å². The van der Waals surface area contributed by atoms with Gasteiger partial charge in [0, 0.05) is 32.1 Å². The van der Waals surface area contributed by atoms with E-state index in [1.165, 1.54) is 16.4 Å². The molecule has 0 spiro atoms. The molecule has 25 heavy (non-hydrogen) atoms. The van der Waals surface area contributed by atoms with Gasteiger partial charge in [-0.1, -0.05) is 6.92 Å². The molecule has 2 heterocycles. The zero-order chi connectivity index (χ0) is 17.3. The summed E-state index contributed by atoms with van der Waals surface area (Å²) in [5, 5.41) is 3.16. The van der Waals surface area contributed by atoms with Crippen molar-refractivity contribution in [2.45, 2.75) is 11.8 Å². The zero-order valence-electron chi connectivity index (χ0n) is 14.0. The van der Waals surface area contributed by atoms with Crippen LogP contribution in [0.25, 0.3) is 0 Å². The Bertz CT molecular complexity index is 702. The molecule has 2 fully saturated rings. The Morgan fingerprint density at radius 3 is 2.20 bits per heavy atom. The van der Waals surface area contributed by atoms with Crippen molar-refractivity contribution in [3.63, 3.8) is 0 Å². The van der Waals surface area contributed by atoms with E-state index < -0.39 is 15.8 Å². The number of nitrogens with zero attached hydrogens (tertiary/aromatic N) is 2. The van der Waals surface area contributed by atoms with Crippen LogP contribution in [0.4, 0.5) is 4.39 Å². The van der Waals surface area contributed by atoms with Crippen molar-refractivity contribution in [2.75, 3.05) is 39.3 Å². The second-order valence-electron chi connectivity index (χ2n) is 6.39. The highest BCUT2D eigenvalue weighted by Crippen LogP contribution is 2.22. The second-order valence-corrected chi connectivity index (χ2v) is 8.33. The number of halogens is 2. The van der Waals surface area contributed by atoms with Crippen molar-refractivity contribution in [3.05, 3.63) is 30.1 Å². The highest BCUT2D eigenvalue weighted by atomic mass is 35.5. The van der Waals surface area contributed by atoms with Gasteiger partial charge in [0.25, 0.3) is 0 Å². The molecule has 2 aliphatic rings. The molecule has 0 saturated carbocycles. The van der Waals surface area contributed by atoms with Crippen LogP contribution in [0.5, 0.6) is 0 Å². The topological polar surface area (TPSA) is 69.7 Å². The molecule has 1 atom stereocenters. The van der Waals surface area contributed by atoms with Gasteiger partial charge in [-0.2, -0.15) is 4.31 Å². The van der Waals surface area contributed by atoms with E-state index >= 15 is 0 Å². The van der Waals surface area contributed by atoms with Crippen LogP contribution >= 0.6 is 12.4 Å². The molecule has 1 amide bonds. The molecule has 1 aromatic rings. The van der Waals surface area contributed by atoms with Crippen LogP contribution in [0.3, 0.4) is 0 Å². The van der Waals surface area contributed by atoms with Crippen LogP contribution in [-0.2, 0) is 14.8 Å². The van der Waals surface area contributed by atoms with Gasteiger partial charge in [0.1, 0.15) is 5.82 Å². The van der Waals surface area contributed by atoms with Gasteiger partial charge < -0.3 is 10.2 Å². The smallest absolute Gasteiger partial charge is 0.243 e. The molecule has 2 aliphatic heterocycles. The first-order valence-electron chi connectivity index (χ1n) is 8.15. The van der Waals surface area contributed by atoms with E-state index in [1.807, 2.05) is 6.92 Å². The molecule has 9 heteroatoms. The number of hydrogen-bond acceptors (Lipinski definition) is 4. The van der Waals surface area contributed by atoms with Crippen LogP contribution in [-0.4, -0.2) is 62.8 Å². The molecule has 0 aromatic heterocycles. The van der Waals surface area contributed by atoms with Crippen molar-refractivity contribution in [3.8, 4) is 0 Å². The lowest BCUT2D eigenvalue weighted by molar-refractivity contribution is -0.138. The average Bonchev–Trinajstić information content (AvgIpc) is 2.53. The van der Waals surface area contributed by atoms with Crippen LogP contribution in [0, 0.1) is 17.7 Å². The number of nitrogens with one attached hydrogen (secondary N) is 1. The molecule has 1 unspecified atom stereocenters. The van der Waals surface area contributed by atoms with Gasteiger partial charge in [0.2, 0.25) is 15.9 Å². The largest absolute Gasteiger partial charge is 0.340 e. The maximum Gasteiger partial charge on any atom is 0.243 e. The van der Waals surface area contributed by atoms with Gasteiger partial charge in [-0.05, 0) is 43.3 Å². The molecule has 1 aromatic carbocycles. The fourth-order valence-corrected chi connectivity index (χ4v) is 4.48. The number of piperazine rings is 1. The first-order chi connectivity index (χ1) is 11.4. The summed E-state index contributed by atoms with van der Waals surface area (Å²) in [5.74, 6) is -0.0332. The van der Waals surface area contributed by atoms with Crippen molar-refractivity contribution < 1.29 is 17.6 Å². The van der Waals surface area contributed by atoms with Gasteiger partial charge in [0.05, 0.1) is 4.90 Å². The SMILES string of the molecule is CC(C(=O)N1CCN(S(=O)(=O)c2ccc(F)cc2)CC1)C1CNC1.Cl. The van der Waals surface area contributed by atoms with Gasteiger partial charge >= 0.3 is 0 Å². The Morgan fingerprint density at radius 2 is 1.72 bits per heavy atom. The van der Waals surface area contributed by atoms with Crippen LogP contribution in [0.1, 0.15) is 6.92 Å². The number of benzene rings is 1. The Hall–Kier alpha value is -1.22. The third-order valence-corrected chi connectivity index (χ3v) is 6.82. The highest BCUT2D eigenvalue weighted by Gasteiger charge is 2.35. The quantitative estimate of drug-likeness (QED) is 0.829. The van der Waals surface area contributed by atoms with Crippen molar-refractivity contribution >= 4 is 28.3 Å². The lowest BCUT2D eigenvalue weighted by Crippen LogP contribution is -2.55. The fourth-order valence-electron chi connectivity index (χ4n) is 3.06. The second kappa shape index (κ2) is 7.99. The first kappa shape index (κ1) is 20.1. The molecule has 0 bridgehead atoms. The van der Waals surface area contributed by atoms with E-state index in [4.69, 9.17) is 0 Å². The highest BCUT2D eigenvalue weighted by molar-refractivity contribution is 7.89. The molecule has 2 saturated heterocycles. The fraction of sp³-hybridized carbons (Fsp3) is 0.562. The number of hydrogen-bond donors (Lipinski definition) is 1. The van der Waals surface area contributed by atoms with E-state index in [2.05, 4.69) is 5.32 Å². The molecular formula is C16H23ClFN3O3S. The maximum atomic E-state index is 13.0. The standard InChI is InChI=1S/C16H22FN3O3S.ClH/c1-12(13-10-18-11-13)16(21)19-6-8-20(9-7-19)24(22,23)15-4-2-14(17)3-5-15;/h2-5,12-13,18H,6-11H2,1H3;1H. The number of amides is 1. The molecule has 140 valence electrons. The molecular weight excluding hydrogens is 369 g/mol. The van der Waals surface area contributed by atoms with Gasteiger partial charge in [-0.15, -0.1) is 12.4 Å². The van der Waals surface area contributed by atoms with E-state index in [0.717, 1.165) is 25.2 Å². The lowest BCUT2D eigenvalue weighted by Gasteiger charge is -2.38. The Balaban J connectivity index is 0.00000225. The summed E-state index contributed by atoms with van der Waals surface area (Å²) in [7, 11) is -3.64. The van der Waals surface area contributed by atoms with Crippen molar-refractivity contribution in [1.82, 2.24) is 14.5 Å². The van der Waals surface area contributed by atoms with E-state index in [-0.39, 0.29) is 42.2 Å². The minimum absolute atomic E-state index is 0. The monoisotopic (exact) mass is 391 g/mol. The third kappa shape index (κ3) is 4.13. The minimum Gasteiger partial charge on any atom is -0.340 e. The number of carbonyl (C=O) groups is 1. The molecule has 3 rings (SSSR count). The van der Waals surface area contributed by atoms with Gasteiger partial charge in [-0.25, -0.2) is 12.8 Å². The Kier molecular flexibility index (Phi) is 6.42. The summed E-state index contributed by atoms with van der Waals surface area (Å²) in [4.78, 5) is 14.3. The van der Waals surface area contributed by atoms with Crippen LogP contribution in [0.2, 0.25) is 0 Å². The average molecular weight is 392 g/mol. The van der Waals surface area contributed by atoms with E-state index in [1.54, 1.807) is 4.90 Å². The van der Waals surface area contributed by atoms with Gasteiger partial charge in [0.15, 0.2) is 0 Å². The van der Waals surface area contributed by atoms with Crippen LogP contribution < -0.4 is 5.32 Å².